The molecule has 2 aliphatic rings. The van der Waals surface area contributed by atoms with Gasteiger partial charge in [-0.25, -0.2) is 0 Å². The van der Waals surface area contributed by atoms with E-state index in [4.69, 9.17) is 0 Å². The molecule has 2 N–H and O–H groups in total. The highest BCUT2D eigenvalue weighted by Gasteiger charge is 2.21. The second kappa shape index (κ2) is 5.09. The van der Waals surface area contributed by atoms with E-state index >= 15 is 0 Å². The van der Waals surface area contributed by atoms with Crippen molar-refractivity contribution >= 4 is 5.69 Å². The molecule has 1 aliphatic heterocycles. The van der Waals surface area contributed by atoms with E-state index in [0.717, 1.165) is 19.0 Å². The molecule has 92 valence electrons. The number of para-hydroxylation sites is 1. The summed E-state index contributed by atoms with van der Waals surface area (Å²) < 4.78 is 0. The van der Waals surface area contributed by atoms with Gasteiger partial charge in [0.25, 0.3) is 0 Å². The van der Waals surface area contributed by atoms with Crippen molar-refractivity contribution < 1.29 is 0 Å². The van der Waals surface area contributed by atoms with Crippen LogP contribution < -0.4 is 10.6 Å². The minimum Gasteiger partial charge on any atom is -0.384 e. The van der Waals surface area contributed by atoms with E-state index in [1.54, 1.807) is 0 Å². The third-order valence-electron chi connectivity index (χ3n) is 3.99. The average molecular weight is 230 g/mol. The molecule has 0 spiro atoms. The topological polar surface area (TPSA) is 24.1 Å². The summed E-state index contributed by atoms with van der Waals surface area (Å²) in [4.78, 5) is 0. The van der Waals surface area contributed by atoms with Gasteiger partial charge < -0.3 is 10.6 Å². The Kier molecular flexibility index (Phi) is 3.32. The van der Waals surface area contributed by atoms with Crippen LogP contribution in [0.5, 0.6) is 0 Å². The lowest BCUT2D eigenvalue weighted by Crippen LogP contribution is -2.23. The Morgan fingerprint density at radius 3 is 3.00 bits per heavy atom. The Labute approximate surface area is 104 Å². The van der Waals surface area contributed by atoms with E-state index < -0.39 is 0 Å². The summed E-state index contributed by atoms with van der Waals surface area (Å²) in [5.74, 6) is 1.73. The molecule has 0 saturated heterocycles. The number of fused-ring (bicyclic) bond motifs is 1. The van der Waals surface area contributed by atoms with Gasteiger partial charge in [0.15, 0.2) is 0 Å². The molecule has 3 rings (SSSR count). The first-order valence-corrected chi connectivity index (χ1v) is 6.97. The van der Waals surface area contributed by atoms with Crippen molar-refractivity contribution in [3.05, 3.63) is 29.8 Å². The molecule has 17 heavy (non-hydrogen) atoms. The second-order valence-electron chi connectivity index (χ2n) is 5.45. The smallest absolute Gasteiger partial charge is 0.0376 e. The molecule has 1 aliphatic carbocycles. The van der Waals surface area contributed by atoms with Crippen LogP contribution in [0, 0.1) is 5.92 Å². The Morgan fingerprint density at radius 2 is 2.12 bits per heavy atom. The van der Waals surface area contributed by atoms with Crippen molar-refractivity contribution in [2.24, 2.45) is 5.92 Å². The zero-order valence-corrected chi connectivity index (χ0v) is 10.4. The van der Waals surface area contributed by atoms with Crippen LogP contribution in [0.1, 0.15) is 37.2 Å². The van der Waals surface area contributed by atoms with Gasteiger partial charge in [0, 0.05) is 24.7 Å². The third-order valence-corrected chi connectivity index (χ3v) is 3.99. The van der Waals surface area contributed by atoms with Crippen molar-refractivity contribution in [1.82, 2.24) is 5.32 Å². The van der Waals surface area contributed by atoms with Crippen LogP contribution in [-0.2, 0) is 0 Å². The van der Waals surface area contributed by atoms with Crippen LogP contribution in [0.3, 0.4) is 0 Å². The third kappa shape index (κ3) is 2.81. The van der Waals surface area contributed by atoms with Gasteiger partial charge in [-0.3, -0.25) is 0 Å². The molecule has 0 aromatic heterocycles. The van der Waals surface area contributed by atoms with Crippen molar-refractivity contribution in [3.63, 3.8) is 0 Å². The van der Waals surface area contributed by atoms with Gasteiger partial charge in [-0.05, 0) is 36.9 Å². The maximum absolute atomic E-state index is 3.61. The molecule has 1 atom stereocenters. The van der Waals surface area contributed by atoms with Crippen molar-refractivity contribution in [3.8, 4) is 0 Å². The Balaban J connectivity index is 1.40. The first kappa shape index (κ1) is 11.1. The highest BCUT2D eigenvalue weighted by atomic mass is 14.9. The number of hydrogen-bond acceptors (Lipinski definition) is 2. The first-order chi connectivity index (χ1) is 8.43. The highest BCUT2D eigenvalue weighted by molar-refractivity contribution is 5.57. The summed E-state index contributed by atoms with van der Waals surface area (Å²) in [5, 5.41) is 7.09. The largest absolute Gasteiger partial charge is 0.384 e. The molecule has 1 fully saturated rings. The van der Waals surface area contributed by atoms with Crippen LogP contribution in [0.4, 0.5) is 5.69 Å². The second-order valence-corrected chi connectivity index (χ2v) is 5.45. The maximum Gasteiger partial charge on any atom is 0.0376 e. The summed E-state index contributed by atoms with van der Waals surface area (Å²) in [6.07, 6.45) is 5.76. The zero-order valence-electron chi connectivity index (χ0n) is 10.4. The number of anilines is 1. The monoisotopic (exact) mass is 230 g/mol. The van der Waals surface area contributed by atoms with E-state index in [1.165, 1.54) is 43.5 Å². The van der Waals surface area contributed by atoms with Gasteiger partial charge in [0.1, 0.15) is 0 Å². The van der Waals surface area contributed by atoms with E-state index in [-0.39, 0.29) is 0 Å². The summed E-state index contributed by atoms with van der Waals surface area (Å²) in [5.41, 5.74) is 2.82. The molecule has 0 bridgehead atoms. The molecule has 2 heteroatoms. The maximum atomic E-state index is 3.61. The lowest BCUT2D eigenvalue weighted by atomic mass is 10.0. The minimum atomic E-state index is 0.659. The van der Waals surface area contributed by atoms with Gasteiger partial charge in [0.2, 0.25) is 0 Å². The minimum absolute atomic E-state index is 0.659. The molecule has 1 saturated carbocycles. The van der Waals surface area contributed by atoms with Crippen molar-refractivity contribution in [1.29, 1.82) is 0 Å². The van der Waals surface area contributed by atoms with Crippen LogP contribution >= 0.6 is 0 Å². The predicted octanol–water partition coefficient (Wildman–Crippen LogP) is 2.98. The molecule has 2 nitrogen and oxygen atoms in total. The molecular weight excluding hydrogens is 208 g/mol. The lowest BCUT2D eigenvalue weighted by molar-refractivity contribution is 0.564. The number of nitrogens with one attached hydrogen (secondary N) is 2. The Hall–Kier alpha value is -1.02. The summed E-state index contributed by atoms with van der Waals surface area (Å²) in [6, 6.07) is 8.69. The number of benzene rings is 1. The fourth-order valence-corrected chi connectivity index (χ4v) is 2.74. The normalized spacial score (nSPS) is 22.2. The fraction of sp³-hybridized carbons (Fsp3) is 0.600. The van der Waals surface area contributed by atoms with Crippen LogP contribution in [0.15, 0.2) is 24.3 Å². The van der Waals surface area contributed by atoms with Gasteiger partial charge in [-0.15, -0.1) is 0 Å². The van der Waals surface area contributed by atoms with E-state index in [9.17, 15) is 0 Å². The highest BCUT2D eigenvalue weighted by Crippen LogP contribution is 2.33. The summed E-state index contributed by atoms with van der Waals surface area (Å²) >= 11 is 0. The predicted molar refractivity (Wildman–Crippen MR) is 72.5 cm³/mol. The standard InChI is InChI=1S/C15H22N2/c1-2-6-15-14(5-1)13(11-17-15)10-16-9-3-4-12-7-8-12/h1-2,5-6,12-13,16-17H,3-4,7-11H2. The molecule has 1 heterocycles. The number of rotatable bonds is 6. The SMILES string of the molecule is c1ccc2c(c1)NCC2CNCCCC1CC1. The quantitative estimate of drug-likeness (QED) is 0.734. The van der Waals surface area contributed by atoms with Gasteiger partial charge in [-0.1, -0.05) is 31.0 Å². The van der Waals surface area contributed by atoms with Gasteiger partial charge in [0.05, 0.1) is 0 Å². The fourth-order valence-electron chi connectivity index (χ4n) is 2.74. The molecule has 0 amide bonds. The van der Waals surface area contributed by atoms with Crippen molar-refractivity contribution in [2.45, 2.75) is 31.6 Å². The molecule has 0 radical (unpaired) electrons. The van der Waals surface area contributed by atoms with Crippen LogP contribution in [0.25, 0.3) is 0 Å². The molecule has 1 aromatic rings. The Bertz CT molecular complexity index is 371. The lowest BCUT2D eigenvalue weighted by Gasteiger charge is -2.11. The summed E-state index contributed by atoms with van der Waals surface area (Å²) in [6.45, 7) is 3.40. The van der Waals surface area contributed by atoms with Gasteiger partial charge in [-0.2, -0.15) is 0 Å². The van der Waals surface area contributed by atoms with Crippen LogP contribution in [-0.4, -0.2) is 19.6 Å². The van der Waals surface area contributed by atoms with Crippen LogP contribution in [0.2, 0.25) is 0 Å². The average Bonchev–Trinajstić information content (AvgIpc) is 3.09. The molecule has 1 unspecified atom stereocenters. The van der Waals surface area contributed by atoms with E-state index in [1.807, 2.05) is 0 Å². The van der Waals surface area contributed by atoms with E-state index in [2.05, 4.69) is 34.9 Å². The van der Waals surface area contributed by atoms with Gasteiger partial charge >= 0.3 is 0 Å². The van der Waals surface area contributed by atoms with E-state index in [0.29, 0.717) is 5.92 Å². The molecular formula is C15H22N2. The number of hydrogen-bond donors (Lipinski definition) is 2. The summed E-state index contributed by atoms with van der Waals surface area (Å²) in [7, 11) is 0. The molecule has 1 aromatic carbocycles. The Morgan fingerprint density at radius 1 is 1.24 bits per heavy atom. The van der Waals surface area contributed by atoms with Crippen molar-refractivity contribution in [2.75, 3.05) is 25.0 Å². The first-order valence-electron chi connectivity index (χ1n) is 6.97. The zero-order chi connectivity index (χ0) is 11.5.